The van der Waals surface area contributed by atoms with Gasteiger partial charge in [0, 0.05) is 4.47 Å². The van der Waals surface area contributed by atoms with Crippen molar-refractivity contribution >= 4 is 21.9 Å². The summed E-state index contributed by atoms with van der Waals surface area (Å²) < 4.78 is 0.742. The van der Waals surface area contributed by atoms with Crippen LogP contribution in [0.2, 0.25) is 0 Å². The summed E-state index contributed by atoms with van der Waals surface area (Å²) in [6, 6.07) is 6.59. The third-order valence-electron chi connectivity index (χ3n) is 1.80. The van der Waals surface area contributed by atoms with Crippen LogP contribution >= 0.6 is 15.9 Å². The average Bonchev–Trinajstić information content (AvgIpc) is 2.04. The molecule has 0 radical (unpaired) electrons. The van der Waals surface area contributed by atoms with Crippen molar-refractivity contribution in [2.24, 2.45) is 0 Å². The molecule has 1 aromatic carbocycles. The molecular weight excluding hydrogens is 236 g/mol. The molecule has 70 valence electrons. The highest BCUT2D eigenvalue weighted by molar-refractivity contribution is 9.10. The highest BCUT2D eigenvalue weighted by atomic mass is 79.9. The van der Waals surface area contributed by atoms with Gasteiger partial charge in [-0.1, -0.05) is 28.1 Å². The zero-order chi connectivity index (χ0) is 10.1. The van der Waals surface area contributed by atoms with E-state index in [0.717, 1.165) is 4.47 Å². The van der Waals surface area contributed by atoms with E-state index in [-0.39, 0.29) is 0 Å². The van der Waals surface area contributed by atoms with E-state index in [1.54, 1.807) is 24.3 Å². The van der Waals surface area contributed by atoms with Crippen molar-refractivity contribution in [3.05, 3.63) is 34.3 Å². The summed E-state index contributed by atoms with van der Waals surface area (Å²) in [6.07, 6.45) is 0. The van der Waals surface area contributed by atoms with Crippen LogP contribution in [0.15, 0.2) is 28.7 Å². The normalized spacial score (nSPS) is 15.0. The van der Waals surface area contributed by atoms with Crippen molar-refractivity contribution in [1.29, 1.82) is 0 Å². The molecule has 0 aliphatic heterocycles. The van der Waals surface area contributed by atoms with Gasteiger partial charge in [0.15, 0.2) is 5.60 Å². The van der Waals surface area contributed by atoms with Gasteiger partial charge in [0.25, 0.3) is 0 Å². The molecule has 0 amide bonds. The van der Waals surface area contributed by atoms with Crippen molar-refractivity contribution in [1.82, 2.24) is 0 Å². The maximum Gasteiger partial charge on any atom is 0.340 e. The van der Waals surface area contributed by atoms with Gasteiger partial charge >= 0.3 is 5.97 Å². The number of carboxylic acids is 1. The van der Waals surface area contributed by atoms with Crippen LogP contribution in [-0.4, -0.2) is 16.2 Å². The highest BCUT2D eigenvalue weighted by Crippen LogP contribution is 2.23. The van der Waals surface area contributed by atoms with Crippen LogP contribution in [0.4, 0.5) is 0 Å². The molecule has 1 atom stereocenters. The van der Waals surface area contributed by atoms with Gasteiger partial charge in [-0.2, -0.15) is 0 Å². The van der Waals surface area contributed by atoms with Crippen LogP contribution in [0.5, 0.6) is 0 Å². The minimum atomic E-state index is -1.83. The molecule has 0 saturated carbocycles. The van der Waals surface area contributed by atoms with E-state index in [9.17, 15) is 9.90 Å². The Kier molecular flexibility index (Phi) is 2.73. The van der Waals surface area contributed by atoms with Crippen LogP contribution in [0, 0.1) is 0 Å². The number of hydrogen-bond acceptors (Lipinski definition) is 2. The summed E-state index contributed by atoms with van der Waals surface area (Å²) in [5, 5.41) is 18.3. The predicted molar refractivity (Wildman–Crippen MR) is 51.3 cm³/mol. The molecule has 1 rings (SSSR count). The third-order valence-corrected chi connectivity index (χ3v) is 2.30. The first-order valence-electron chi connectivity index (χ1n) is 3.66. The number of halogens is 1. The van der Waals surface area contributed by atoms with Gasteiger partial charge in [-0.15, -0.1) is 0 Å². The Bertz CT molecular complexity index is 333. The quantitative estimate of drug-likeness (QED) is 0.834. The summed E-state index contributed by atoms with van der Waals surface area (Å²) >= 11 is 3.20. The summed E-state index contributed by atoms with van der Waals surface area (Å²) in [4.78, 5) is 10.7. The fraction of sp³-hybridized carbons (Fsp3) is 0.222. The van der Waals surface area contributed by atoms with Gasteiger partial charge < -0.3 is 10.2 Å². The minimum absolute atomic E-state index is 0.356. The van der Waals surface area contributed by atoms with Gasteiger partial charge in [0.2, 0.25) is 0 Å². The fourth-order valence-electron chi connectivity index (χ4n) is 0.915. The largest absolute Gasteiger partial charge is 0.479 e. The van der Waals surface area contributed by atoms with Crippen LogP contribution in [0.1, 0.15) is 12.5 Å². The Morgan fingerprint density at radius 3 is 2.62 bits per heavy atom. The summed E-state index contributed by atoms with van der Waals surface area (Å²) in [6.45, 7) is 1.25. The molecule has 0 bridgehead atoms. The van der Waals surface area contributed by atoms with Crippen molar-refractivity contribution in [3.8, 4) is 0 Å². The molecule has 0 spiro atoms. The molecule has 3 nitrogen and oxygen atoms in total. The van der Waals surface area contributed by atoms with E-state index in [0.29, 0.717) is 5.56 Å². The molecule has 4 heteroatoms. The van der Waals surface area contributed by atoms with Gasteiger partial charge in [-0.05, 0) is 24.6 Å². The monoisotopic (exact) mass is 244 g/mol. The topological polar surface area (TPSA) is 57.5 Å². The SMILES string of the molecule is CC(O)(C(=O)O)c1cccc(Br)c1. The average molecular weight is 245 g/mol. The molecule has 1 unspecified atom stereocenters. The number of aliphatic carboxylic acids is 1. The zero-order valence-electron chi connectivity index (χ0n) is 6.99. The smallest absolute Gasteiger partial charge is 0.340 e. The maximum atomic E-state index is 10.7. The molecular formula is C9H9BrO3. The lowest BCUT2D eigenvalue weighted by atomic mass is 9.97. The third kappa shape index (κ3) is 2.08. The van der Waals surface area contributed by atoms with Crippen molar-refractivity contribution in [2.75, 3.05) is 0 Å². The Morgan fingerprint density at radius 1 is 1.54 bits per heavy atom. The van der Waals surface area contributed by atoms with E-state index in [1.807, 2.05) is 0 Å². The Labute approximate surface area is 84.1 Å². The first-order chi connectivity index (χ1) is 5.94. The number of hydrogen-bond donors (Lipinski definition) is 2. The second kappa shape index (κ2) is 3.47. The summed E-state index contributed by atoms with van der Waals surface area (Å²) in [5.41, 5.74) is -1.47. The lowest BCUT2D eigenvalue weighted by Gasteiger charge is -2.18. The molecule has 2 N–H and O–H groups in total. The number of benzene rings is 1. The first kappa shape index (κ1) is 10.2. The molecule has 1 aromatic rings. The number of aliphatic hydroxyl groups is 1. The van der Waals surface area contributed by atoms with Gasteiger partial charge in [-0.3, -0.25) is 0 Å². The van der Waals surface area contributed by atoms with Crippen LogP contribution in [0.25, 0.3) is 0 Å². The van der Waals surface area contributed by atoms with Crippen molar-refractivity contribution in [2.45, 2.75) is 12.5 Å². The summed E-state index contributed by atoms with van der Waals surface area (Å²) in [5.74, 6) is -1.26. The lowest BCUT2D eigenvalue weighted by Crippen LogP contribution is -2.31. The van der Waals surface area contributed by atoms with E-state index in [1.165, 1.54) is 6.92 Å². The van der Waals surface area contributed by atoms with Gasteiger partial charge in [0.1, 0.15) is 0 Å². The molecule has 0 heterocycles. The molecule has 0 fully saturated rings. The molecule has 0 aliphatic rings. The Hall–Kier alpha value is -0.870. The van der Waals surface area contributed by atoms with E-state index in [4.69, 9.17) is 5.11 Å². The fourth-order valence-corrected chi connectivity index (χ4v) is 1.31. The van der Waals surface area contributed by atoms with Crippen LogP contribution < -0.4 is 0 Å². The first-order valence-corrected chi connectivity index (χ1v) is 4.45. The Balaban J connectivity index is 3.14. The Morgan fingerprint density at radius 2 is 2.15 bits per heavy atom. The minimum Gasteiger partial charge on any atom is -0.479 e. The zero-order valence-corrected chi connectivity index (χ0v) is 8.58. The van der Waals surface area contributed by atoms with Crippen LogP contribution in [-0.2, 0) is 10.4 Å². The number of carboxylic acid groups (broad SMARTS) is 1. The summed E-state index contributed by atoms with van der Waals surface area (Å²) in [7, 11) is 0. The van der Waals surface area contributed by atoms with Crippen LogP contribution in [0.3, 0.4) is 0 Å². The van der Waals surface area contributed by atoms with Gasteiger partial charge in [0.05, 0.1) is 0 Å². The molecule has 0 aliphatic carbocycles. The number of carbonyl (C=O) groups is 1. The van der Waals surface area contributed by atoms with Crippen molar-refractivity contribution < 1.29 is 15.0 Å². The second-order valence-electron chi connectivity index (χ2n) is 2.89. The van der Waals surface area contributed by atoms with E-state index >= 15 is 0 Å². The van der Waals surface area contributed by atoms with Crippen molar-refractivity contribution in [3.63, 3.8) is 0 Å². The highest BCUT2D eigenvalue weighted by Gasteiger charge is 2.31. The molecule has 0 saturated heterocycles. The van der Waals surface area contributed by atoms with E-state index < -0.39 is 11.6 Å². The standard InChI is InChI=1S/C9H9BrO3/c1-9(13,8(11)12)6-3-2-4-7(10)5-6/h2-5,13H,1H3,(H,11,12). The maximum absolute atomic E-state index is 10.7. The number of rotatable bonds is 2. The second-order valence-corrected chi connectivity index (χ2v) is 3.80. The van der Waals surface area contributed by atoms with Gasteiger partial charge in [-0.25, -0.2) is 4.79 Å². The van der Waals surface area contributed by atoms with E-state index in [2.05, 4.69) is 15.9 Å². The predicted octanol–water partition coefficient (Wildman–Crippen LogP) is 1.74. The molecule has 0 aromatic heterocycles. The lowest BCUT2D eigenvalue weighted by molar-refractivity contribution is -0.157. The molecule has 13 heavy (non-hydrogen) atoms.